The van der Waals surface area contributed by atoms with Gasteiger partial charge in [-0.1, -0.05) is 0 Å². The Labute approximate surface area is 60.3 Å². The van der Waals surface area contributed by atoms with Crippen LogP contribution in [0.15, 0.2) is 0 Å². The van der Waals surface area contributed by atoms with E-state index in [1.807, 2.05) is 13.8 Å². The van der Waals surface area contributed by atoms with Crippen LogP contribution in [0.1, 0.15) is 13.8 Å². The van der Waals surface area contributed by atoms with Crippen LogP contribution in [0.5, 0.6) is 0 Å². The molecule has 0 aliphatic carbocycles. The molecule has 0 radical (unpaired) electrons. The third-order valence-electron chi connectivity index (χ3n) is 1.92. The molecule has 2 fully saturated rings. The van der Waals surface area contributed by atoms with Crippen LogP contribution in [-0.4, -0.2) is 31.2 Å². The molecule has 10 heavy (non-hydrogen) atoms. The van der Waals surface area contributed by atoms with Gasteiger partial charge in [0.05, 0.1) is 19.8 Å². The van der Waals surface area contributed by atoms with E-state index in [0.717, 1.165) is 6.61 Å². The number of hydrogen-bond donors (Lipinski definition) is 0. The standard InChI is InChI=1S/C7H12O3/c1-6(2)8-3-7(4-9-6)5-10-7/h3-5H2,1-2H3. The van der Waals surface area contributed by atoms with Crippen molar-refractivity contribution in [3.8, 4) is 0 Å². The molecule has 2 aliphatic rings. The molecule has 0 unspecified atom stereocenters. The van der Waals surface area contributed by atoms with Crippen LogP contribution in [0.3, 0.4) is 0 Å². The van der Waals surface area contributed by atoms with E-state index in [1.54, 1.807) is 0 Å². The first kappa shape index (κ1) is 6.58. The minimum absolute atomic E-state index is 0.0600. The van der Waals surface area contributed by atoms with E-state index in [1.165, 1.54) is 0 Å². The molecular formula is C7H12O3. The monoisotopic (exact) mass is 144 g/mol. The molecule has 2 rings (SSSR count). The summed E-state index contributed by atoms with van der Waals surface area (Å²) in [4.78, 5) is 0. The second-order valence-corrected chi connectivity index (χ2v) is 3.45. The Morgan fingerprint density at radius 2 is 1.30 bits per heavy atom. The topological polar surface area (TPSA) is 31.0 Å². The van der Waals surface area contributed by atoms with Crippen LogP contribution < -0.4 is 0 Å². The second-order valence-electron chi connectivity index (χ2n) is 3.45. The Morgan fingerprint density at radius 1 is 0.900 bits per heavy atom. The molecule has 0 aromatic heterocycles. The molecule has 0 amide bonds. The maximum Gasteiger partial charge on any atom is 0.163 e. The van der Waals surface area contributed by atoms with E-state index in [-0.39, 0.29) is 5.60 Å². The number of epoxide rings is 1. The van der Waals surface area contributed by atoms with Gasteiger partial charge >= 0.3 is 0 Å². The highest BCUT2D eigenvalue weighted by Crippen LogP contribution is 2.34. The van der Waals surface area contributed by atoms with E-state index in [4.69, 9.17) is 14.2 Å². The zero-order chi connectivity index (χ0) is 7.24. The Bertz CT molecular complexity index is 131. The van der Waals surface area contributed by atoms with Crippen LogP contribution in [-0.2, 0) is 14.2 Å². The predicted molar refractivity (Wildman–Crippen MR) is 34.7 cm³/mol. The first-order chi connectivity index (χ1) is 4.62. The minimum Gasteiger partial charge on any atom is -0.365 e. The van der Waals surface area contributed by atoms with Gasteiger partial charge in [0.25, 0.3) is 0 Å². The summed E-state index contributed by atoms with van der Waals surface area (Å²) in [6, 6.07) is 0. The van der Waals surface area contributed by atoms with Gasteiger partial charge in [0, 0.05) is 0 Å². The molecule has 2 aliphatic heterocycles. The van der Waals surface area contributed by atoms with Crippen molar-refractivity contribution in [1.82, 2.24) is 0 Å². The molecular weight excluding hydrogens is 132 g/mol. The lowest BCUT2D eigenvalue weighted by Crippen LogP contribution is -2.44. The van der Waals surface area contributed by atoms with Gasteiger partial charge in [-0.25, -0.2) is 0 Å². The minimum atomic E-state index is -0.406. The lowest BCUT2D eigenvalue weighted by molar-refractivity contribution is -0.265. The second kappa shape index (κ2) is 1.72. The first-order valence-electron chi connectivity index (χ1n) is 3.54. The van der Waals surface area contributed by atoms with E-state index in [2.05, 4.69) is 0 Å². The summed E-state index contributed by atoms with van der Waals surface area (Å²) in [5.74, 6) is -0.406. The highest BCUT2D eigenvalue weighted by Gasteiger charge is 2.50. The van der Waals surface area contributed by atoms with Gasteiger partial charge in [-0.3, -0.25) is 0 Å². The highest BCUT2D eigenvalue weighted by molar-refractivity contribution is 4.94. The quantitative estimate of drug-likeness (QED) is 0.465. The summed E-state index contributed by atoms with van der Waals surface area (Å²) in [6.45, 7) is 5.99. The summed E-state index contributed by atoms with van der Waals surface area (Å²) in [5, 5.41) is 0. The van der Waals surface area contributed by atoms with Crippen molar-refractivity contribution < 1.29 is 14.2 Å². The zero-order valence-corrected chi connectivity index (χ0v) is 6.35. The van der Waals surface area contributed by atoms with Crippen molar-refractivity contribution in [2.24, 2.45) is 0 Å². The van der Waals surface area contributed by atoms with Gasteiger partial charge in [0.1, 0.15) is 5.60 Å². The summed E-state index contributed by atoms with van der Waals surface area (Å²) >= 11 is 0. The molecule has 1 spiro atoms. The van der Waals surface area contributed by atoms with Crippen LogP contribution in [0, 0.1) is 0 Å². The molecule has 0 atom stereocenters. The summed E-state index contributed by atoms with van der Waals surface area (Å²) in [6.07, 6.45) is 0. The van der Waals surface area contributed by atoms with E-state index in [9.17, 15) is 0 Å². The molecule has 2 saturated heterocycles. The van der Waals surface area contributed by atoms with Gasteiger partial charge in [-0.2, -0.15) is 0 Å². The van der Waals surface area contributed by atoms with Crippen LogP contribution in [0.4, 0.5) is 0 Å². The molecule has 0 saturated carbocycles. The van der Waals surface area contributed by atoms with E-state index in [0.29, 0.717) is 13.2 Å². The van der Waals surface area contributed by atoms with Crippen LogP contribution >= 0.6 is 0 Å². The van der Waals surface area contributed by atoms with Crippen molar-refractivity contribution in [3.05, 3.63) is 0 Å². The maximum atomic E-state index is 5.40. The van der Waals surface area contributed by atoms with Crippen molar-refractivity contribution in [2.75, 3.05) is 19.8 Å². The van der Waals surface area contributed by atoms with Crippen molar-refractivity contribution in [3.63, 3.8) is 0 Å². The number of rotatable bonds is 0. The third kappa shape index (κ3) is 1.05. The Morgan fingerprint density at radius 3 is 1.70 bits per heavy atom. The fraction of sp³-hybridized carbons (Fsp3) is 1.00. The van der Waals surface area contributed by atoms with Gasteiger partial charge in [-0.15, -0.1) is 0 Å². The van der Waals surface area contributed by atoms with Gasteiger partial charge in [0.15, 0.2) is 5.79 Å². The number of hydrogen-bond acceptors (Lipinski definition) is 3. The Kier molecular flexibility index (Phi) is 1.14. The smallest absolute Gasteiger partial charge is 0.163 e. The molecule has 3 heteroatoms. The summed E-state index contributed by atoms with van der Waals surface area (Å²) < 4.78 is 16.0. The molecule has 0 aromatic rings. The molecule has 58 valence electrons. The highest BCUT2D eigenvalue weighted by atomic mass is 16.7. The van der Waals surface area contributed by atoms with Crippen molar-refractivity contribution in [1.29, 1.82) is 0 Å². The normalized spacial score (nSPS) is 34.2. The summed E-state index contributed by atoms with van der Waals surface area (Å²) in [5.41, 5.74) is -0.0600. The zero-order valence-electron chi connectivity index (χ0n) is 6.35. The van der Waals surface area contributed by atoms with E-state index >= 15 is 0 Å². The van der Waals surface area contributed by atoms with Crippen LogP contribution in [0.25, 0.3) is 0 Å². The average Bonchev–Trinajstić information content (AvgIpc) is 2.60. The molecule has 3 nitrogen and oxygen atoms in total. The summed E-state index contributed by atoms with van der Waals surface area (Å²) in [7, 11) is 0. The van der Waals surface area contributed by atoms with Crippen molar-refractivity contribution in [2.45, 2.75) is 25.2 Å². The van der Waals surface area contributed by atoms with Gasteiger partial charge in [-0.05, 0) is 13.8 Å². The van der Waals surface area contributed by atoms with Crippen LogP contribution in [0.2, 0.25) is 0 Å². The third-order valence-corrected chi connectivity index (χ3v) is 1.92. The van der Waals surface area contributed by atoms with Crippen molar-refractivity contribution >= 4 is 0 Å². The van der Waals surface area contributed by atoms with E-state index < -0.39 is 5.79 Å². The SMILES string of the molecule is CC1(C)OCC2(CO2)CO1. The fourth-order valence-corrected chi connectivity index (χ4v) is 0.963. The van der Waals surface area contributed by atoms with Gasteiger partial charge < -0.3 is 14.2 Å². The maximum absolute atomic E-state index is 5.40. The largest absolute Gasteiger partial charge is 0.365 e. The lowest BCUT2D eigenvalue weighted by atomic mass is 10.2. The molecule has 0 N–H and O–H groups in total. The molecule has 0 aromatic carbocycles. The lowest BCUT2D eigenvalue weighted by Gasteiger charge is -2.33. The Balaban J connectivity index is 1.95. The molecule has 0 bridgehead atoms. The average molecular weight is 144 g/mol. The fourth-order valence-electron chi connectivity index (χ4n) is 0.963. The first-order valence-corrected chi connectivity index (χ1v) is 3.54. The van der Waals surface area contributed by atoms with Gasteiger partial charge in [0.2, 0.25) is 0 Å². The Hall–Kier alpha value is -0.120. The number of ether oxygens (including phenoxy) is 3. The predicted octanol–water partition coefficient (Wildman–Crippen LogP) is 0.538. The molecule has 2 heterocycles.